The van der Waals surface area contributed by atoms with E-state index in [1.54, 1.807) is 4.57 Å². The summed E-state index contributed by atoms with van der Waals surface area (Å²) in [6, 6.07) is 4.14. The fourth-order valence-electron chi connectivity index (χ4n) is 2.34. The maximum atomic E-state index is 12.2. The van der Waals surface area contributed by atoms with Gasteiger partial charge in [-0.3, -0.25) is 4.79 Å². The van der Waals surface area contributed by atoms with Crippen molar-refractivity contribution in [3.05, 3.63) is 45.4 Å². The molecule has 1 aromatic heterocycles. The number of carbonyl (C=O) groups is 1. The van der Waals surface area contributed by atoms with Crippen LogP contribution in [0.25, 0.3) is 0 Å². The Balaban J connectivity index is 2.15. The van der Waals surface area contributed by atoms with E-state index in [9.17, 15) is 4.79 Å². The topological polar surface area (TPSA) is 46.9 Å². The number of nitrogens with zero attached hydrogens (tertiary/aromatic N) is 2. The van der Waals surface area contributed by atoms with Gasteiger partial charge < -0.3 is 9.88 Å². The molecule has 0 aliphatic heterocycles. The van der Waals surface area contributed by atoms with Crippen LogP contribution in [0.15, 0.2) is 23.1 Å². The smallest absolute Gasteiger partial charge is 0.244 e. The summed E-state index contributed by atoms with van der Waals surface area (Å²) in [4.78, 5) is 16.4. The fraction of sp³-hybridized carbons (Fsp3) is 0.333. The van der Waals surface area contributed by atoms with Gasteiger partial charge in [0, 0.05) is 11.9 Å². The molecule has 2 aromatic rings. The number of nitrogens with one attached hydrogen (secondary N) is 1. The van der Waals surface area contributed by atoms with E-state index in [4.69, 9.17) is 0 Å². The van der Waals surface area contributed by atoms with E-state index >= 15 is 0 Å². The van der Waals surface area contributed by atoms with Gasteiger partial charge in [-0.2, -0.15) is 0 Å². The minimum absolute atomic E-state index is 0.0573. The highest BCUT2D eigenvalue weighted by atomic mass is 79.9. The second kappa shape index (κ2) is 5.79. The number of hydrogen-bond acceptors (Lipinski definition) is 2. The van der Waals surface area contributed by atoms with E-state index in [2.05, 4.69) is 45.3 Å². The van der Waals surface area contributed by atoms with Crippen LogP contribution >= 0.6 is 15.9 Å². The first-order valence-corrected chi connectivity index (χ1v) is 7.23. The van der Waals surface area contributed by atoms with Gasteiger partial charge in [0.15, 0.2) is 4.73 Å². The standard InChI is InChI=1S/C15H18BrN3O/c1-9-5-10(2)14(11(3)6-9)18-13(20)8-19-7-12(4)17-15(19)16/h5-7H,8H2,1-4H3,(H,18,20). The van der Waals surface area contributed by atoms with Crippen molar-refractivity contribution in [1.29, 1.82) is 0 Å². The molecule has 0 aliphatic carbocycles. The molecule has 0 atom stereocenters. The average molecular weight is 336 g/mol. The Morgan fingerprint density at radius 1 is 1.25 bits per heavy atom. The van der Waals surface area contributed by atoms with Crippen molar-refractivity contribution in [3.8, 4) is 0 Å². The van der Waals surface area contributed by atoms with Gasteiger partial charge in [-0.1, -0.05) is 17.7 Å². The van der Waals surface area contributed by atoms with Crippen LogP contribution in [0.1, 0.15) is 22.4 Å². The number of aromatic nitrogens is 2. The molecule has 5 heteroatoms. The normalized spacial score (nSPS) is 10.7. The Morgan fingerprint density at radius 2 is 1.85 bits per heavy atom. The fourth-order valence-corrected chi connectivity index (χ4v) is 2.85. The van der Waals surface area contributed by atoms with Gasteiger partial charge in [0.1, 0.15) is 6.54 Å². The molecule has 0 unspecified atom stereocenters. The molecule has 106 valence electrons. The number of halogens is 1. The zero-order valence-electron chi connectivity index (χ0n) is 12.1. The molecule has 2 rings (SSSR count). The molecule has 4 nitrogen and oxygen atoms in total. The molecule has 0 fully saturated rings. The van der Waals surface area contributed by atoms with Crippen LogP contribution in [0, 0.1) is 27.7 Å². The van der Waals surface area contributed by atoms with Gasteiger partial charge >= 0.3 is 0 Å². The SMILES string of the molecule is Cc1cc(C)c(NC(=O)Cn2cc(C)nc2Br)c(C)c1. The molecule has 1 amide bonds. The number of anilines is 1. The molecule has 1 heterocycles. The Bertz CT molecular complexity index is 638. The molecule has 0 saturated heterocycles. The number of carbonyl (C=O) groups excluding carboxylic acids is 1. The third kappa shape index (κ3) is 3.28. The van der Waals surface area contributed by atoms with Crippen LogP contribution in [0.2, 0.25) is 0 Å². The summed E-state index contributed by atoms with van der Waals surface area (Å²) in [6.45, 7) is 8.21. The van der Waals surface area contributed by atoms with E-state index in [-0.39, 0.29) is 12.5 Å². The monoisotopic (exact) mass is 335 g/mol. The van der Waals surface area contributed by atoms with E-state index in [0.717, 1.165) is 22.5 Å². The van der Waals surface area contributed by atoms with Crippen molar-refractivity contribution in [2.45, 2.75) is 34.2 Å². The van der Waals surface area contributed by atoms with Crippen molar-refractivity contribution in [2.75, 3.05) is 5.32 Å². The van der Waals surface area contributed by atoms with Gasteiger partial charge in [0.2, 0.25) is 5.91 Å². The van der Waals surface area contributed by atoms with Gasteiger partial charge in [-0.25, -0.2) is 4.98 Å². The Labute approximate surface area is 127 Å². The molecule has 0 saturated carbocycles. The van der Waals surface area contributed by atoms with Crippen molar-refractivity contribution in [2.24, 2.45) is 0 Å². The Kier molecular flexibility index (Phi) is 4.28. The highest BCUT2D eigenvalue weighted by Gasteiger charge is 2.11. The Morgan fingerprint density at radius 3 is 2.35 bits per heavy atom. The molecule has 1 N–H and O–H groups in total. The van der Waals surface area contributed by atoms with Crippen LogP contribution in [0.5, 0.6) is 0 Å². The summed E-state index contributed by atoms with van der Waals surface area (Å²) >= 11 is 3.34. The third-order valence-electron chi connectivity index (χ3n) is 3.10. The summed E-state index contributed by atoms with van der Waals surface area (Å²) in [5.74, 6) is -0.0573. The summed E-state index contributed by atoms with van der Waals surface area (Å²) in [6.07, 6.45) is 1.85. The van der Waals surface area contributed by atoms with Crippen LogP contribution in [-0.2, 0) is 11.3 Å². The maximum absolute atomic E-state index is 12.2. The van der Waals surface area contributed by atoms with Gasteiger partial charge in [0.25, 0.3) is 0 Å². The van der Waals surface area contributed by atoms with Crippen molar-refractivity contribution >= 4 is 27.5 Å². The minimum Gasteiger partial charge on any atom is -0.324 e. The number of imidazole rings is 1. The molecule has 0 aliphatic rings. The quantitative estimate of drug-likeness (QED) is 0.932. The Hall–Kier alpha value is -1.62. The van der Waals surface area contributed by atoms with E-state index < -0.39 is 0 Å². The van der Waals surface area contributed by atoms with Crippen molar-refractivity contribution in [3.63, 3.8) is 0 Å². The van der Waals surface area contributed by atoms with E-state index in [1.165, 1.54) is 5.56 Å². The van der Waals surface area contributed by atoms with Crippen LogP contribution in [0.3, 0.4) is 0 Å². The minimum atomic E-state index is -0.0573. The van der Waals surface area contributed by atoms with Gasteiger partial charge in [-0.15, -0.1) is 0 Å². The molecule has 0 spiro atoms. The number of amides is 1. The zero-order chi connectivity index (χ0) is 14.9. The lowest BCUT2D eigenvalue weighted by atomic mass is 10.1. The molecule has 1 aromatic carbocycles. The summed E-state index contributed by atoms with van der Waals surface area (Å²) in [5.41, 5.74) is 5.14. The first kappa shape index (κ1) is 14.8. The summed E-state index contributed by atoms with van der Waals surface area (Å²) < 4.78 is 2.45. The highest BCUT2D eigenvalue weighted by molar-refractivity contribution is 9.10. The first-order chi connectivity index (χ1) is 9.36. The second-order valence-electron chi connectivity index (χ2n) is 5.10. The van der Waals surface area contributed by atoms with Crippen LogP contribution < -0.4 is 5.32 Å². The van der Waals surface area contributed by atoms with Crippen molar-refractivity contribution < 1.29 is 4.79 Å². The van der Waals surface area contributed by atoms with Crippen LogP contribution in [0.4, 0.5) is 5.69 Å². The van der Waals surface area contributed by atoms with Gasteiger partial charge in [0.05, 0.1) is 5.69 Å². The second-order valence-corrected chi connectivity index (χ2v) is 5.81. The third-order valence-corrected chi connectivity index (χ3v) is 3.74. The number of hydrogen-bond donors (Lipinski definition) is 1. The highest BCUT2D eigenvalue weighted by Crippen LogP contribution is 2.22. The molecule has 0 radical (unpaired) electrons. The van der Waals surface area contributed by atoms with Crippen LogP contribution in [-0.4, -0.2) is 15.5 Å². The maximum Gasteiger partial charge on any atom is 0.244 e. The lowest BCUT2D eigenvalue weighted by molar-refractivity contribution is -0.116. The number of benzene rings is 1. The van der Waals surface area contributed by atoms with E-state index in [1.807, 2.05) is 27.0 Å². The molecular weight excluding hydrogens is 318 g/mol. The number of rotatable bonds is 3. The van der Waals surface area contributed by atoms with E-state index in [0.29, 0.717) is 4.73 Å². The molecular formula is C15H18BrN3O. The average Bonchev–Trinajstić information content (AvgIpc) is 2.62. The lowest BCUT2D eigenvalue weighted by Gasteiger charge is -2.13. The predicted molar refractivity (Wildman–Crippen MR) is 83.9 cm³/mol. The number of aryl methyl sites for hydroxylation is 4. The largest absolute Gasteiger partial charge is 0.324 e. The predicted octanol–water partition coefficient (Wildman–Crippen LogP) is 3.52. The van der Waals surface area contributed by atoms with Crippen molar-refractivity contribution in [1.82, 2.24) is 9.55 Å². The first-order valence-electron chi connectivity index (χ1n) is 6.44. The summed E-state index contributed by atoms with van der Waals surface area (Å²) in [7, 11) is 0. The molecule has 0 bridgehead atoms. The zero-order valence-corrected chi connectivity index (χ0v) is 13.7. The summed E-state index contributed by atoms with van der Waals surface area (Å²) in [5, 5.41) is 2.98. The van der Waals surface area contributed by atoms with Gasteiger partial charge in [-0.05, 0) is 54.8 Å². The lowest BCUT2D eigenvalue weighted by Crippen LogP contribution is -2.19. The molecule has 20 heavy (non-hydrogen) atoms.